The highest BCUT2D eigenvalue weighted by atomic mass is 15.2. The summed E-state index contributed by atoms with van der Waals surface area (Å²) in [5, 5.41) is 0. The third-order valence-corrected chi connectivity index (χ3v) is 5.15. The van der Waals surface area contributed by atoms with Crippen LogP contribution < -0.4 is 0 Å². The topological polar surface area (TPSA) is 9.72 Å². The summed E-state index contributed by atoms with van der Waals surface area (Å²) in [5.41, 5.74) is 6.71. The summed E-state index contributed by atoms with van der Waals surface area (Å²) >= 11 is 0. The Balaban J connectivity index is 1.67. The van der Waals surface area contributed by atoms with Crippen molar-refractivity contribution in [2.24, 2.45) is 0 Å². The van der Waals surface area contributed by atoms with Crippen LogP contribution in [0.1, 0.15) is 32.1 Å². The normalized spacial score (nSPS) is 15.9. The second kappa shape index (κ2) is 8.79. The molecule has 0 aromatic rings. The van der Waals surface area contributed by atoms with Crippen molar-refractivity contribution >= 4 is 0 Å². The van der Waals surface area contributed by atoms with Crippen LogP contribution >= 0.6 is 0 Å². The van der Waals surface area contributed by atoms with Gasteiger partial charge in [-0.15, -0.1) is 0 Å². The first-order valence-electron chi connectivity index (χ1n) is 9.28. The minimum Gasteiger partial charge on any atom is -0.374 e. The summed E-state index contributed by atoms with van der Waals surface area (Å²) in [7, 11) is 2.07. The lowest BCUT2D eigenvalue weighted by molar-refractivity contribution is 0.413. The molecule has 1 fully saturated rings. The van der Waals surface area contributed by atoms with Crippen LogP contribution in [-0.4, -0.2) is 41.4 Å². The van der Waals surface area contributed by atoms with Crippen molar-refractivity contribution in [3.05, 3.63) is 85.7 Å². The molecule has 2 aliphatic rings. The van der Waals surface area contributed by atoms with Gasteiger partial charge < -0.3 is 14.7 Å². The van der Waals surface area contributed by atoms with Gasteiger partial charge in [-0.25, -0.2) is 0 Å². The molecule has 0 aromatic heterocycles. The van der Waals surface area contributed by atoms with E-state index in [0.717, 1.165) is 80.1 Å². The maximum atomic E-state index is 4.23. The van der Waals surface area contributed by atoms with Crippen molar-refractivity contribution in [3.8, 4) is 0 Å². The summed E-state index contributed by atoms with van der Waals surface area (Å²) in [5.74, 6) is 0. The Morgan fingerprint density at radius 3 is 2.23 bits per heavy atom. The molecule has 0 atom stereocenters. The molecule has 0 aliphatic carbocycles. The van der Waals surface area contributed by atoms with E-state index in [1.165, 1.54) is 5.57 Å². The molecule has 2 heterocycles. The number of likely N-dealkylation sites (tertiary alicyclic amines) is 1. The fourth-order valence-electron chi connectivity index (χ4n) is 3.15. The van der Waals surface area contributed by atoms with E-state index in [-0.39, 0.29) is 0 Å². The van der Waals surface area contributed by atoms with Crippen molar-refractivity contribution in [1.82, 2.24) is 14.7 Å². The highest BCUT2D eigenvalue weighted by Gasteiger charge is 2.19. The van der Waals surface area contributed by atoms with E-state index in [9.17, 15) is 0 Å². The van der Waals surface area contributed by atoms with E-state index in [2.05, 4.69) is 67.3 Å². The predicted molar refractivity (Wildman–Crippen MR) is 113 cm³/mol. The fourth-order valence-corrected chi connectivity index (χ4v) is 3.15. The lowest BCUT2D eigenvalue weighted by atomic mass is 10.1. The number of nitrogens with zero attached hydrogens (tertiary/aromatic N) is 3. The highest BCUT2D eigenvalue weighted by molar-refractivity contribution is 5.30. The molecule has 0 spiro atoms. The first-order chi connectivity index (χ1) is 12.3. The first kappa shape index (κ1) is 19.9. The van der Waals surface area contributed by atoms with Crippen LogP contribution in [0.4, 0.5) is 0 Å². The maximum Gasteiger partial charge on any atom is 0.0437 e. The van der Waals surface area contributed by atoms with E-state index in [1.54, 1.807) is 0 Å². The van der Waals surface area contributed by atoms with Gasteiger partial charge in [-0.1, -0.05) is 45.0 Å². The molecule has 3 nitrogen and oxygen atoms in total. The molecular weight excluding hydrogens is 318 g/mol. The van der Waals surface area contributed by atoms with Crippen molar-refractivity contribution in [2.45, 2.75) is 32.1 Å². The molecule has 0 aromatic carbocycles. The molecule has 2 aliphatic heterocycles. The molecule has 3 heteroatoms. The Morgan fingerprint density at radius 2 is 1.69 bits per heavy atom. The SMILES string of the molecule is C=C(CCCC(=C)N(C)CC(=C)C(=C)N1C=CC1)CN1C(=C)CCC1=C. The molecular formula is C23H33N3. The molecule has 0 saturated carbocycles. The van der Waals surface area contributed by atoms with Gasteiger partial charge in [0.1, 0.15) is 0 Å². The van der Waals surface area contributed by atoms with Gasteiger partial charge in [-0.2, -0.15) is 0 Å². The van der Waals surface area contributed by atoms with Crippen LogP contribution in [0, 0.1) is 0 Å². The molecule has 0 unspecified atom stereocenters. The minimum absolute atomic E-state index is 0.760. The van der Waals surface area contributed by atoms with Crippen molar-refractivity contribution in [1.29, 1.82) is 0 Å². The van der Waals surface area contributed by atoms with Gasteiger partial charge in [0.25, 0.3) is 0 Å². The van der Waals surface area contributed by atoms with Crippen LogP contribution in [0.3, 0.4) is 0 Å². The van der Waals surface area contributed by atoms with Gasteiger partial charge >= 0.3 is 0 Å². The maximum absolute atomic E-state index is 4.23. The summed E-state index contributed by atoms with van der Waals surface area (Å²) < 4.78 is 0. The van der Waals surface area contributed by atoms with Gasteiger partial charge in [-0.3, -0.25) is 0 Å². The van der Waals surface area contributed by atoms with Crippen LogP contribution in [0.5, 0.6) is 0 Å². The monoisotopic (exact) mass is 351 g/mol. The van der Waals surface area contributed by atoms with E-state index >= 15 is 0 Å². The largest absolute Gasteiger partial charge is 0.374 e. The number of hydrogen-bond acceptors (Lipinski definition) is 3. The van der Waals surface area contributed by atoms with Gasteiger partial charge in [0, 0.05) is 55.7 Å². The van der Waals surface area contributed by atoms with Gasteiger partial charge in [0.15, 0.2) is 0 Å². The van der Waals surface area contributed by atoms with Crippen molar-refractivity contribution in [2.75, 3.05) is 26.7 Å². The Morgan fingerprint density at radius 1 is 1.08 bits per heavy atom. The summed E-state index contributed by atoms with van der Waals surface area (Å²) in [6.45, 7) is 27.5. The molecule has 0 bridgehead atoms. The zero-order valence-electron chi connectivity index (χ0n) is 16.4. The average molecular weight is 352 g/mol. The smallest absolute Gasteiger partial charge is 0.0437 e. The summed E-state index contributed by atoms with van der Waals surface area (Å²) in [4.78, 5) is 6.50. The third-order valence-electron chi connectivity index (χ3n) is 5.15. The molecule has 0 N–H and O–H groups in total. The fraction of sp³-hybridized carbons (Fsp3) is 0.391. The predicted octanol–water partition coefficient (Wildman–Crippen LogP) is 5.18. The number of rotatable bonds is 11. The number of allylic oxidation sites excluding steroid dienone is 3. The lowest BCUT2D eigenvalue weighted by Gasteiger charge is -2.31. The second-order valence-corrected chi connectivity index (χ2v) is 7.33. The van der Waals surface area contributed by atoms with Crippen LogP contribution in [-0.2, 0) is 0 Å². The van der Waals surface area contributed by atoms with E-state index in [0.29, 0.717) is 0 Å². The van der Waals surface area contributed by atoms with Gasteiger partial charge in [0.05, 0.1) is 0 Å². The van der Waals surface area contributed by atoms with E-state index < -0.39 is 0 Å². The molecule has 0 amide bonds. The quantitative estimate of drug-likeness (QED) is 0.375. The minimum atomic E-state index is 0.760. The number of hydrogen-bond donors (Lipinski definition) is 0. The van der Waals surface area contributed by atoms with E-state index in [4.69, 9.17) is 0 Å². The average Bonchev–Trinajstić information content (AvgIpc) is 2.84. The second-order valence-electron chi connectivity index (χ2n) is 7.33. The molecule has 2 rings (SSSR count). The standard InChI is InChI=1S/C23H33N3/c1-18(16-26-21(4)12-13-22(26)5)10-8-11-20(3)24(7)17-19(2)23(6)25-14-9-15-25/h9,14H,1-6,8,10-13,15-17H2,7H3. The Kier molecular flexibility index (Phi) is 6.73. The Labute approximate surface area is 159 Å². The van der Waals surface area contributed by atoms with Crippen molar-refractivity contribution in [3.63, 3.8) is 0 Å². The summed E-state index contributed by atoms with van der Waals surface area (Å²) in [6.07, 6.45) is 9.21. The lowest BCUT2D eigenvalue weighted by Crippen LogP contribution is -2.28. The van der Waals surface area contributed by atoms with Crippen LogP contribution in [0.15, 0.2) is 85.7 Å². The van der Waals surface area contributed by atoms with E-state index in [1.807, 2.05) is 6.20 Å². The van der Waals surface area contributed by atoms with Gasteiger partial charge in [-0.05, 0) is 43.8 Å². The van der Waals surface area contributed by atoms with Crippen LogP contribution in [0.25, 0.3) is 0 Å². The zero-order valence-corrected chi connectivity index (χ0v) is 16.4. The molecule has 0 radical (unpaired) electrons. The Hall–Kier alpha value is -2.42. The highest BCUT2D eigenvalue weighted by Crippen LogP contribution is 2.29. The Bertz CT molecular complexity index is 649. The van der Waals surface area contributed by atoms with Crippen molar-refractivity contribution < 1.29 is 0 Å². The molecule has 140 valence electrons. The van der Waals surface area contributed by atoms with Gasteiger partial charge in [0.2, 0.25) is 0 Å². The van der Waals surface area contributed by atoms with Crippen LogP contribution in [0.2, 0.25) is 0 Å². The first-order valence-corrected chi connectivity index (χ1v) is 9.28. The number of likely N-dealkylation sites (N-methyl/N-ethyl adjacent to an activating group) is 1. The zero-order chi connectivity index (χ0) is 19.3. The molecule has 1 saturated heterocycles. The summed E-state index contributed by atoms with van der Waals surface area (Å²) in [6, 6.07) is 0. The third kappa shape index (κ3) is 5.04. The molecule has 26 heavy (non-hydrogen) atoms.